The van der Waals surface area contributed by atoms with Crippen LogP contribution >= 0.6 is 0 Å². The summed E-state index contributed by atoms with van der Waals surface area (Å²) < 4.78 is 5.01. The summed E-state index contributed by atoms with van der Waals surface area (Å²) in [6.07, 6.45) is 3.58. The Morgan fingerprint density at radius 2 is 1.96 bits per heavy atom. The zero-order valence-corrected chi connectivity index (χ0v) is 12.7. The molecule has 0 saturated heterocycles. The van der Waals surface area contributed by atoms with Crippen LogP contribution in [0.3, 0.4) is 0 Å². The Hall–Kier alpha value is -3.12. The van der Waals surface area contributed by atoms with Gasteiger partial charge in [-0.25, -0.2) is 4.79 Å². The number of fused-ring (bicyclic) bond motifs is 1. The number of rotatable bonds is 2. The van der Waals surface area contributed by atoms with E-state index in [0.717, 1.165) is 21.9 Å². The van der Waals surface area contributed by atoms with Crippen LogP contribution in [0, 0.1) is 11.8 Å². The summed E-state index contributed by atoms with van der Waals surface area (Å²) in [5.41, 5.74) is 2.14. The lowest BCUT2D eigenvalue weighted by atomic mass is 10.1. The predicted molar refractivity (Wildman–Crippen MR) is 90.1 cm³/mol. The summed E-state index contributed by atoms with van der Waals surface area (Å²) in [4.78, 5) is 16.0. The number of hydrogen-bond donors (Lipinski definition) is 0. The fraction of sp³-hybridized carbons (Fsp3) is 0.100. The number of pyridine rings is 1. The van der Waals surface area contributed by atoms with E-state index < -0.39 is 0 Å². The van der Waals surface area contributed by atoms with E-state index in [9.17, 15) is 4.79 Å². The van der Waals surface area contributed by atoms with Crippen LogP contribution in [-0.4, -0.2) is 17.6 Å². The maximum atomic E-state index is 11.8. The average molecular weight is 301 g/mol. The van der Waals surface area contributed by atoms with Crippen molar-refractivity contribution in [2.75, 3.05) is 6.61 Å². The molecule has 0 fully saturated rings. The van der Waals surface area contributed by atoms with Gasteiger partial charge in [-0.2, -0.15) is 0 Å². The van der Waals surface area contributed by atoms with Gasteiger partial charge in [0.2, 0.25) is 0 Å². The second-order valence-electron chi connectivity index (χ2n) is 4.96. The van der Waals surface area contributed by atoms with Gasteiger partial charge in [0.25, 0.3) is 0 Å². The van der Waals surface area contributed by atoms with Gasteiger partial charge in [-0.1, -0.05) is 42.2 Å². The monoisotopic (exact) mass is 301 g/mol. The Balaban J connectivity index is 1.95. The molecular formula is C20H15NO2. The average Bonchev–Trinajstić information content (AvgIpc) is 2.60. The molecule has 0 unspecified atom stereocenters. The Labute approximate surface area is 134 Å². The Bertz CT molecular complexity index is 914. The summed E-state index contributed by atoms with van der Waals surface area (Å²) in [6.45, 7) is 2.14. The number of ether oxygens (including phenoxy) is 1. The second kappa shape index (κ2) is 6.76. The first-order chi connectivity index (χ1) is 11.3. The molecule has 0 aliphatic heterocycles. The molecule has 0 atom stereocenters. The lowest BCUT2D eigenvalue weighted by Gasteiger charge is -2.01. The summed E-state index contributed by atoms with van der Waals surface area (Å²) in [5, 5.41) is 2.12. The molecule has 0 spiro atoms. The minimum absolute atomic E-state index is 0.331. The molecule has 0 saturated carbocycles. The summed E-state index contributed by atoms with van der Waals surface area (Å²) >= 11 is 0. The van der Waals surface area contributed by atoms with E-state index in [4.69, 9.17) is 4.74 Å². The molecule has 3 rings (SSSR count). The molecule has 3 nitrogen and oxygen atoms in total. The third-order valence-corrected chi connectivity index (χ3v) is 3.38. The molecular weight excluding hydrogens is 286 g/mol. The maximum Gasteiger partial charge on any atom is 0.338 e. The number of carbonyl (C=O) groups excluding carboxylic acids is 1. The molecule has 0 aliphatic rings. The summed E-state index contributed by atoms with van der Waals surface area (Å²) in [7, 11) is 0. The van der Waals surface area contributed by atoms with Gasteiger partial charge in [0.1, 0.15) is 0 Å². The Kier molecular flexibility index (Phi) is 4.35. The highest BCUT2D eigenvalue weighted by atomic mass is 16.5. The van der Waals surface area contributed by atoms with Crippen molar-refractivity contribution in [2.45, 2.75) is 6.92 Å². The number of benzene rings is 2. The molecule has 112 valence electrons. The van der Waals surface area contributed by atoms with Crippen molar-refractivity contribution in [3.05, 3.63) is 77.6 Å². The van der Waals surface area contributed by atoms with Gasteiger partial charge in [-0.05, 0) is 25.1 Å². The molecule has 1 aromatic heterocycles. The zero-order chi connectivity index (χ0) is 16.1. The van der Waals surface area contributed by atoms with Crippen molar-refractivity contribution in [1.82, 2.24) is 4.98 Å². The zero-order valence-electron chi connectivity index (χ0n) is 12.7. The SMILES string of the molecule is CCOC(=O)c1cccc(C#Cc2cncc3ccccc23)c1. The van der Waals surface area contributed by atoms with E-state index in [1.54, 1.807) is 31.3 Å². The number of aromatic nitrogens is 1. The molecule has 0 bridgehead atoms. The van der Waals surface area contributed by atoms with Crippen LogP contribution < -0.4 is 0 Å². The fourth-order valence-electron chi connectivity index (χ4n) is 2.29. The van der Waals surface area contributed by atoms with Crippen LogP contribution in [0.15, 0.2) is 60.9 Å². The first-order valence-electron chi connectivity index (χ1n) is 7.40. The molecule has 2 aromatic carbocycles. The molecule has 3 aromatic rings. The van der Waals surface area contributed by atoms with E-state index in [-0.39, 0.29) is 5.97 Å². The minimum Gasteiger partial charge on any atom is -0.462 e. The van der Waals surface area contributed by atoms with Crippen molar-refractivity contribution >= 4 is 16.7 Å². The standard InChI is InChI=1S/C20H15NO2/c1-2-23-20(22)16-8-5-6-15(12-16)10-11-18-14-21-13-17-7-3-4-9-19(17)18/h3-9,12-14H,2H2,1H3. The van der Waals surface area contributed by atoms with Crippen molar-refractivity contribution in [3.63, 3.8) is 0 Å². The first-order valence-corrected chi connectivity index (χ1v) is 7.40. The highest BCUT2D eigenvalue weighted by Gasteiger charge is 2.05. The Morgan fingerprint density at radius 1 is 1.09 bits per heavy atom. The molecule has 3 heteroatoms. The smallest absolute Gasteiger partial charge is 0.338 e. The van der Waals surface area contributed by atoms with E-state index in [1.165, 1.54) is 0 Å². The summed E-state index contributed by atoms with van der Waals surface area (Å²) in [6, 6.07) is 15.1. The van der Waals surface area contributed by atoms with E-state index in [0.29, 0.717) is 12.2 Å². The Morgan fingerprint density at radius 3 is 2.83 bits per heavy atom. The van der Waals surface area contributed by atoms with Crippen LogP contribution in [-0.2, 0) is 4.74 Å². The fourth-order valence-corrected chi connectivity index (χ4v) is 2.29. The van der Waals surface area contributed by atoms with E-state index in [1.807, 2.05) is 36.5 Å². The lowest BCUT2D eigenvalue weighted by Crippen LogP contribution is -2.04. The van der Waals surface area contributed by atoms with Gasteiger partial charge in [-0.3, -0.25) is 4.98 Å². The van der Waals surface area contributed by atoms with Crippen molar-refractivity contribution < 1.29 is 9.53 Å². The third-order valence-electron chi connectivity index (χ3n) is 3.38. The van der Waals surface area contributed by atoms with Crippen LogP contribution in [0.1, 0.15) is 28.4 Å². The number of carbonyl (C=O) groups is 1. The topological polar surface area (TPSA) is 39.2 Å². The number of nitrogens with zero attached hydrogens (tertiary/aromatic N) is 1. The van der Waals surface area contributed by atoms with Gasteiger partial charge < -0.3 is 4.74 Å². The predicted octanol–water partition coefficient (Wildman–Crippen LogP) is 3.81. The van der Waals surface area contributed by atoms with Gasteiger partial charge in [0.05, 0.1) is 17.7 Å². The van der Waals surface area contributed by atoms with E-state index >= 15 is 0 Å². The van der Waals surface area contributed by atoms with Gasteiger partial charge in [0, 0.05) is 28.7 Å². The minimum atomic E-state index is -0.331. The third kappa shape index (κ3) is 3.38. The molecule has 23 heavy (non-hydrogen) atoms. The van der Waals surface area contributed by atoms with Gasteiger partial charge >= 0.3 is 5.97 Å². The van der Waals surface area contributed by atoms with Gasteiger partial charge in [-0.15, -0.1) is 0 Å². The molecule has 1 heterocycles. The number of esters is 1. The van der Waals surface area contributed by atoms with Gasteiger partial charge in [0.15, 0.2) is 0 Å². The highest BCUT2D eigenvalue weighted by Crippen LogP contribution is 2.16. The number of hydrogen-bond acceptors (Lipinski definition) is 3. The van der Waals surface area contributed by atoms with E-state index in [2.05, 4.69) is 16.8 Å². The second-order valence-corrected chi connectivity index (χ2v) is 4.96. The lowest BCUT2D eigenvalue weighted by molar-refractivity contribution is 0.0526. The molecule has 0 amide bonds. The quantitative estimate of drug-likeness (QED) is 0.533. The largest absolute Gasteiger partial charge is 0.462 e. The van der Waals surface area contributed by atoms with Crippen molar-refractivity contribution in [1.29, 1.82) is 0 Å². The molecule has 0 radical (unpaired) electrons. The van der Waals surface area contributed by atoms with Crippen LogP contribution in [0.25, 0.3) is 10.8 Å². The highest BCUT2D eigenvalue weighted by molar-refractivity contribution is 5.90. The van der Waals surface area contributed by atoms with Crippen LogP contribution in [0.5, 0.6) is 0 Å². The van der Waals surface area contributed by atoms with Crippen molar-refractivity contribution in [2.24, 2.45) is 0 Å². The molecule has 0 aliphatic carbocycles. The normalized spacial score (nSPS) is 9.96. The van der Waals surface area contributed by atoms with Crippen LogP contribution in [0.2, 0.25) is 0 Å². The van der Waals surface area contributed by atoms with Crippen molar-refractivity contribution in [3.8, 4) is 11.8 Å². The summed E-state index contributed by atoms with van der Waals surface area (Å²) in [5.74, 6) is 5.90. The maximum absolute atomic E-state index is 11.8. The van der Waals surface area contributed by atoms with Crippen LogP contribution in [0.4, 0.5) is 0 Å². The first kappa shape index (κ1) is 14.8. The molecule has 0 N–H and O–H groups in total.